The van der Waals surface area contributed by atoms with Gasteiger partial charge in [-0.15, -0.1) is 0 Å². The fourth-order valence-electron chi connectivity index (χ4n) is 2.74. The summed E-state index contributed by atoms with van der Waals surface area (Å²) in [5.74, 6) is -0.671. The Morgan fingerprint density at radius 1 is 1.17 bits per heavy atom. The smallest absolute Gasteiger partial charge is 0.249 e. The van der Waals surface area contributed by atoms with Crippen molar-refractivity contribution in [1.29, 1.82) is 0 Å². The first kappa shape index (κ1) is 16.4. The van der Waals surface area contributed by atoms with E-state index in [0.29, 0.717) is 18.7 Å². The molecule has 1 N–H and O–H groups in total. The van der Waals surface area contributed by atoms with Gasteiger partial charge in [-0.2, -0.15) is 0 Å². The van der Waals surface area contributed by atoms with E-state index in [1.165, 1.54) is 23.1 Å². The summed E-state index contributed by atoms with van der Waals surface area (Å²) in [6.07, 6.45) is 1.64. The average molecular weight is 348 g/mol. The number of sulfone groups is 1. The van der Waals surface area contributed by atoms with Gasteiger partial charge in [0.1, 0.15) is 11.9 Å². The summed E-state index contributed by atoms with van der Waals surface area (Å²) >= 11 is 0. The second kappa shape index (κ2) is 6.24. The van der Waals surface area contributed by atoms with Crippen molar-refractivity contribution >= 4 is 27.1 Å². The van der Waals surface area contributed by atoms with E-state index in [9.17, 15) is 17.6 Å². The van der Waals surface area contributed by atoms with Crippen LogP contribution in [0.2, 0.25) is 0 Å². The Labute approximate surface area is 140 Å². The van der Waals surface area contributed by atoms with E-state index in [0.717, 1.165) is 6.26 Å². The molecule has 0 saturated carbocycles. The summed E-state index contributed by atoms with van der Waals surface area (Å²) in [7, 11) is -3.32. The first-order chi connectivity index (χ1) is 11.4. The summed E-state index contributed by atoms with van der Waals surface area (Å²) in [5, 5.41) is 3.04. The Morgan fingerprint density at radius 3 is 2.62 bits per heavy atom. The molecule has 2 aromatic carbocycles. The minimum absolute atomic E-state index is 0.184. The van der Waals surface area contributed by atoms with Crippen LogP contribution in [0.15, 0.2) is 53.4 Å². The summed E-state index contributed by atoms with van der Waals surface area (Å²) in [4.78, 5) is 14.1. The van der Waals surface area contributed by atoms with E-state index in [1.807, 2.05) is 0 Å². The highest BCUT2D eigenvalue weighted by Gasteiger charge is 2.33. The molecule has 7 heteroatoms. The summed E-state index contributed by atoms with van der Waals surface area (Å²) in [6.45, 7) is 0.406. The number of nitrogens with zero attached hydrogens (tertiary/aromatic N) is 1. The molecule has 0 bridgehead atoms. The molecule has 1 saturated heterocycles. The number of halogens is 1. The first-order valence-electron chi connectivity index (χ1n) is 7.49. The second-order valence-electron chi connectivity index (χ2n) is 5.73. The lowest BCUT2D eigenvalue weighted by atomic mass is 10.2. The van der Waals surface area contributed by atoms with Crippen LogP contribution in [0.1, 0.15) is 6.42 Å². The van der Waals surface area contributed by atoms with Crippen molar-refractivity contribution in [2.75, 3.05) is 23.0 Å². The van der Waals surface area contributed by atoms with Crippen molar-refractivity contribution in [1.82, 2.24) is 0 Å². The SMILES string of the molecule is CS(=O)(=O)c1cccc(NC2CCN(c3ccccc3F)C2=O)c1. The lowest BCUT2D eigenvalue weighted by Crippen LogP contribution is -2.33. The number of hydrogen-bond donors (Lipinski definition) is 1. The van der Waals surface area contributed by atoms with Gasteiger partial charge in [-0.3, -0.25) is 4.79 Å². The van der Waals surface area contributed by atoms with E-state index in [1.54, 1.807) is 30.3 Å². The first-order valence-corrected chi connectivity index (χ1v) is 9.38. The van der Waals surface area contributed by atoms with E-state index in [2.05, 4.69) is 5.32 Å². The molecule has 2 aromatic rings. The van der Waals surface area contributed by atoms with Gasteiger partial charge in [0.05, 0.1) is 10.6 Å². The molecule has 1 amide bonds. The van der Waals surface area contributed by atoms with Crippen LogP contribution in [0.5, 0.6) is 0 Å². The predicted octanol–water partition coefficient (Wildman–Crippen LogP) is 2.45. The minimum atomic E-state index is -3.32. The maximum absolute atomic E-state index is 13.9. The van der Waals surface area contributed by atoms with E-state index in [-0.39, 0.29) is 16.5 Å². The zero-order chi connectivity index (χ0) is 17.3. The van der Waals surface area contributed by atoms with Gasteiger partial charge >= 0.3 is 0 Å². The van der Waals surface area contributed by atoms with Crippen LogP contribution in [0, 0.1) is 5.82 Å². The molecular formula is C17H17FN2O3S. The molecule has 1 aliphatic heterocycles. The maximum Gasteiger partial charge on any atom is 0.249 e. The van der Waals surface area contributed by atoms with E-state index < -0.39 is 21.7 Å². The zero-order valence-electron chi connectivity index (χ0n) is 13.1. The third-order valence-corrected chi connectivity index (χ3v) is 5.06. The number of nitrogens with one attached hydrogen (secondary N) is 1. The van der Waals surface area contributed by atoms with Gasteiger partial charge in [0, 0.05) is 18.5 Å². The summed E-state index contributed by atoms with van der Waals surface area (Å²) in [5.41, 5.74) is 0.809. The number of para-hydroxylation sites is 1. The van der Waals surface area contributed by atoms with Crippen LogP contribution in [0.3, 0.4) is 0 Å². The van der Waals surface area contributed by atoms with Gasteiger partial charge in [-0.1, -0.05) is 18.2 Å². The van der Waals surface area contributed by atoms with Gasteiger partial charge in [0.25, 0.3) is 0 Å². The van der Waals surface area contributed by atoms with E-state index >= 15 is 0 Å². The average Bonchev–Trinajstić information content (AvgIpc) is 2.88. The van der Waals surface area contributed by atoms with Gasteiger partial charge in [-0.25, -0.2) is 12.8 Å². The molecule has 1 unspecified atom stereocenters. The number of amides is 1. The number of rotatable bonds is 4. The van der Waals surface area contributed by atoms with Crippen molar-refractivity contribution < 1.29 is 17.6 Å². The molecule has 126 valence electrons. The third kappa shape index (κ3) is 3.26. The molecule has 0 spiro atoms. The molecule has 5 nitrogen and oxygen atoms in total. The van der Waals surface area contributed by atoms with Crippen molar-refractivity contribution in [2.24, 2.45) is 0 Å². The predicted molar refractivity (Wildman–Crippen MR) is 90.3 cm³/mol. The van der Waals surface area contributed by atoms with Crippen molar-refractivity contribution in [2.45, 2.75) is 17.4 Å². The molecule has 0 aromatic heterocycles. The third-order valence-electron chi connectivity index (χ3n) is 3.95. The Bertz CT molecular complexity index is 883. The van der Waals surface area contributed by atoms with Crippen molar-refractivity contribution in [3.63, 3.8) is 0 Å². The van der Waals surface area contributed by atoms with Crippen LogP contribution >= 0.6 is 0 Å². The van der Waals surface area contributed by atoms with Gasteiger partial charge < -0.3 is 10.2 Å². The highest BCUT2D eigenvalue weighted by molar-refractivity contribution is 7.90. The highest BCUT2D eigenvalue weighted by atomic mass is 32.2. The maximum atomic E-state index is 13.9. The number of carbonyl (C=O) groups excluding carboxylic acids is 1. The molecule has 1 aliphatic rings. The topological polar surface area (TPSA) is 66.5 Å². The van der Waals surface area contributed by atoms with E-state index in [4.69, 9.17) is 0 Å². The molecule has 1 atom stereocenters. The fraction of sp³-hybridized carbons (Fsp3) is 0.235. The fourth-order valence-corrected chi connectivity index (χ4v) is 3.41. The van der Waals surface area contributed by atoms with Crippen molar-refractivity contribution in [3.8, 4) is 0 Å². The Hall–Kier alpha value is -2.41. The number of anilines is 2. The normalized spacial score (nSPS) is 18.0. The second-order valence-corrected chi connectivity index (χ2v) is 7.74. The van der Waals surface area contributed by atoms with Crippen molar-refractivity contribution in [3.05, 3.63) is 54.3 Å². The molecule has 1 heterocycles. The lowest BCUT2D eigenvalue weighted by Gasteiger charge is -2.18. The number of hydrogen-bond acceptors (Lipinski definition) is 4. The number of carbonyl (C=O) groups is 1. The van der Waals surface area contributed by atoms with Gasteiger partial charge in [0.15, 0.2) is 9.84 Å². The molecule has 24 heavy (non-hydrogen) atoms. The summed E-state index contributed by atoms with van der Waals surface area (Å²) in [6, 6.07) is 11.9. The Kier molecular flexibility index (Phi) is 4.28. The van der Waals surface area contributed by atoms with Crippen LogP contribution < -0.4 is 10.2 Å². The van der Waals surface area contributed by atoms with Gasteiger partial charge in [0.2, 0.25) is 5.91 Å². The monoisotopic (exact) mass is 348 g/mol. The Morgan fingerprint density at radius 2 is 1.92 bits per heavy atom. The lowest BCUT2D eigenvalue weighted by molar-refractivity contribution is -0.117. The standard InChI is InChI=1S/C17H17FN2O3S/c1-24(22,23)13-6-4-5-12(11-13)19-15-9-10-20(17(15)21)16-8-3-2-7-14(16)18/h2-8,11,15,19H,9-10H2,1H3. The number of benzene rings is 2. The van der Waals surface area contributed by atoms with Crippen LogP contribution in [0.4, 0.5) is 15.8 Å². The van der Waals surface area contributed by atoms with Gasteiger partial charge in [-0.05, 0) is 36.8 Å². The minimum Gasteiger partial charge on any atom is -0.374 e. The summed E-state index contributed by atoms with van der Waals surface area (Å²) < 4.78 is 37.1. The zero-order valence-corrected chi connectivity index (χ0v) is 13.9. The van der Waals surface area contributed by atoms with Crippen LogP contribution in [0.25, 0.3) is 0 Å². The Balaban J connectivity index is 1.79. The highest BCUT2D eigenvalue weighted by Crippen LogP contribution is 2.26. The largest absolute Gasteiger partial charge is 0.374 e. The molecule has 3 rings (SSSR count). The molecular weight excluding hydrogens is 331 g/mol. The quantitative estimate of drug-likeness (QED) is 0.922. The molecule has 0 aliphatic carbocycles. The molecule has 1 fully saturated rings. The van der Waals surface area contributed by atoms with Crippen LogP contribution in [-0.2, 0) is 14.6 Å². The molecule has 0 radical (unpaired) electrons. The van der Waals surface area contributed by atoms with Crippen LogP contribution in [-0.4, -0.2) is 33.2 Å².